The molecular weight excluding hydrogens is 316 g/mol. The maximum atomic E-state index is 12.0. The van der Waals surface area contributed by atoms with E-state index in [1.165, 1.54) is 6.20 Å². The number of nitrogens with zero attached hydrogens (tertiary/aromatic N) is 3. The normalized spacial score (nSPS) is 9.78. The quantitative estimate of drug-likeness (QED) is 0.881. The van der Waals surface area contributed by atoms with Crippen LogP contribution in [-0.4, -0.2) is 31.1 Å². The van der Waals surface area contributed by atoms with Crippen molar-refractivity contribution in [3.05, 3.63) is 47.6 Å². The van der Waals surface area contributed by atoms with E-state index >= 15 is 0 Å². The fourth-order valence-electron chi connectivity index (χ4n) is 1.84. The van der Waals surface area contributed by atoms with Crippen LogP contribution in [0.25, 0.3) is 0 Å². The molecular formula is C16H15ClN4O2. The van der Waals surface area contributed by atoms with E-state index in [9.17, 15) is 4.79 Å². The number of nitrogens with one attached hydrogen (secondary N) is 1. The fourth-order valence-corrected chi connectivity index (χ4v) is 1.95. The molecule has 23 heavy (non-hydrogen) atoms. The van der Waals surface area contributed by atoms with Gasteiger partial charge in [0.1, 0.15) is 17.6 Å². The van der Waals surface area contributed by atoms with E-state index < -0.39 is 0 Å². The SMILES string of the molecule is CN(CC(=O)Nc1ccc(OCC#N)cc1)c1ccc(Cl)cn1. The molecule has 1 aromatic heterocycles. The first kappa shape index (κ1) is 16.6. The number of nitriles is 1. The van der Waals surface area contributed by atoms with E-state index in [2.05, 4.69) is 10.3 Å². The topological polar surface area (TPSA) is 78.3 Å². The lowest BCUT2D eigenvalue weighted by Crippen LogP contribution is -2.30. The molecule has 0 saturated heterocycles. The zero-order valence-corrected chi connectivity index (χ0v) is 13.2. The molecule has 7 heteroatoms. The second-order valence-electron chi connectivity index (χ2n) is 4.71. The second-order valence-corrected chi connectivity index (χ2v) is 5.15. The van der Waals surface area contributed by atoms with Crippen molar-refractivity contribution < 1.29 is 9.53 Å². The van der Waals surface area contributed by atoms with Crippen molar-refractivity contribution in [1.82, 2.24) is 4.98 Å². The highest BCUT2D eigenvalue weighted by Crippen LogP contribution is 2.16. The lowest BCUT2D eigenvalue weighted by atomic mass is 10.3. The summed E-state index contributed by atoms with van der Waals surface area (Å²) in [5.41, 5.74) is 0.650. The van der Waals surface area contributed by atoms with Gasteiger partial charge in [0.05, 0.1) is 11.6 Å². The highest BCUT2D eigenvalue weighted by molar-refractivity contribution is 6.30. The van der Waals surface area contributed by atoms with Crippen LogP contribution in [0.1, 0.15) is 0 Å². The van der Waals surface area contributed by atoms with Crippen LogP contribution in [0, 0.1) is 11.3 Å². The Bertz CT molecular complexity index is 696. The van der Waals surface area contributed by atoms with Gasteiger partial charge in [0.2, 0.25) is 5.91 Å². The summed E-state index contributed by atoms with van der Waals surface area (Å²) in [4.78, 5) is 17.9. The molecule has 0 aliphatic carbocycles. The summed E-state index contributed by atoms with van der Waals surface area (Å²) in [6.07, 6.45) is 1.53. The number of anilines is 2. The predicted molar refractivity (Wildman–Crippen MR) is 88.7 cm³/mol. The van der Waals surface area contributed by atoms with E-state index in [4.69, 9.17) is 21.6 Å². The third kappa shape index (κ3) is 5.16. The van der Waals surface area contributed by atoms with Gasteiger partial charge in [0, 0.05) is 18.9 Å². The number of ether oxygens (including phenoxy) is 1. The fraction of sp³-hybridized carbons (Fsp3) is 0.188. The number of rotatable bonds is 6. The summed E-state index contributed by atoms with van der Waals surface area (Å²) in [6, 6.07) is 12.2. The summed E-state index contributed by atoms with van der Waals surface area (Å²) in [5.74, 6) is 1.06. The van der Waals surface area contributed by atoms with Crippen molar-refractivity contribution in [2.45, 2.75) is 0 Å². The Kier molecular flexibility index (Phi) is 5.78. The first-order valence-corrected chi connectivity index (χ1v) is 7.18. The molecule has 0 radical (unpaired) electrons. The molecule has 118 valence electrons. The molecule has 0 bridgehead atoms. The highest BCUT2D eigenvalue weighted by Gasteiger charge is 2.09. The molecule has 0 aliphatic heterocycles. The monoisotopic (exact) mass is 330 g/mol. The van der Waals surface area contributed by atoms with Crippen LogP contribution in [0.2, 0.25) is 5.02 Å². The summed E-state index contributed by atoms with van der Waals surface area (Å²) >= 11 is 5.79. The van der Waals surface area contributed by atoms with Gasteiger partial charge in [-0.05, 0) is 36.4 Å². The summed E-state index contributed by atoms with van der Waals surface area (Å²) in [6.45, 7) is 0.145. The minimum Gasteiger partial charge on any atom is -0.479 e. The zero-order valence-electron chi connectivity index (χ0n) is 12.5. The third-order valence-corrected chi connectivity index (χ3v) is 3.15. The highest BCUT2D eigenvalue weighted by atomic mass is 35.5. The van der Waals surface area contributed by atoms with Gasteiger partial charge in [-0.3, -0.25) is 4.79 Å². The minimum absolute atomic E-state index is 0.00933. The summed E-state index contributed by atoms with van der Waals surface area (Å²) in [5, 5.41) is 11.8. The number of carbonyl (C=O) groups excluding carboxylic acids is 1. The van der Waals surface area contributed by atoms with E-state index in [1.54, 1.807) is 48.3 Å². The van der Waals surface area contributed by atoms with Crippen LogP contribution in [0.4, 0.5) is 11.5 Å². The van der Waals surface area contributed by atoms with Crippen molar-refractivity contribution >= 4 is 29.0 Å². The van der Waals surface area contributed by atoms with E-state index in [0.29, 0.717) is 22.3 Å². The Hall–Kier alpha value is -2.78. The van der Waals surface area contributed by atoms with Crippen molar-refractivity contribution in [3.63, 3.8) is 0 Å². The van der Waals surface area contributed by atoms with Gasteiger partial charge in [-0.1, -0.05) is 11.6 Å². The lowest BCUT2D eigenvalue weighted by molar-refractivity contribution is -0.114. The van der Waals surface area contributed by atoms with Gasteiger partial charge in [0.15, 0.2) is 6.61 Å². The molecule has 1 N–H and O–H groups in total. The smallest absolute Gasteiger partial charge is 0.243 e. The number of amides is 1. The molecule has 0 unspecified atom stereocenters. The van der Waals surface area contributed by atoms with E-state index in [1.807, 2.05) is 6.07 Å². The number of hydrogen-bond acceptors (Lipinski definition) is 5. The predicted octanol–water partition coefficient (Wildman–Crippen LogP) is 2.71. The van der Waals surface area contributed by atoms with Gasteiger partial charge < -0.3 is 15.0 Å². The van der Waals surface area contributed by atoms with Gasteiger partial charge >= 0.3 is 0 Å². The van der Waals surface area contributed by atoms with Crippen LogP contribution in [0.15, 0.2) is 42.6 Å². The first-order chi connectivity index (χ1) is 11.1. The molecule has 2 aromatic rings. The Morgan fingerprint density at radius 3 is 2.70 bits per heavy atom. The average molecular weight is 331 g/mol. The number of benzene rings is 1. The molecule has 1 amide bonds. The number of hydrogen-bond donors (Lipinski definition) is 1. The zero-order chi connectivity index (χ0) is 16.7. The number of halogens is 1. The minimum atomic E-state index is -0.171. The lowest BCUT2D eigenvalue weighted by Gasteiger charge is -2.17. The molecule has 0 aliphatic rings. The molecule has 1 aromatic carbocycles. The third-order valence-electron chi connectivity index (χ3n) is 2.93. The van der Waals surface area contributed by atoms with Crippen molar-refractivity contribution in [2.75, 3.05) is 30.4 Å². The van der Waals surface area contributed by atoms with Crippen LogP contribution < -0.4 is 15.0 Å². The van der Waals surface area contributed by atoms with Gasteiger partial charge in [0.25, 0.3) is 0 Å². The van der Waals surface area contributed by atoms with E-state index in [0.717, 1.165) is 0 Å². The van der Waals surface area contributed by atoms with Crippen LogP contribution in [0.5, 0.6) is 5.75 Å². The molecule has 0 atom stereocenters. The van der Waals surface area contributed by atoms with Crippen molar-refractivity contribution in [1.29, 1.82) is 5.26 Å². The summed E-state index contributed by atoms with van der Waals surface area (Å²) in [7, 11) is 1.77. The van der Waals surface area contributed by atoms with E-state index in [-0.39, 0.29) is 19.1 Å². The van der Waals surface area contributed by atoms with Crippen molar-refractivity contribution in [2.24, 2.45) is 0 Å². The molecule has 2 rings (SSSR count). The second kappa shape index (κ2) is 8.01. The maximum absolute atomic E-state index is 12.0. The number of likely N-dealkylation sites (N-methyl/N-ethyl adjacent to an activating group) is 1. The van der Waals surface area contributed by atoms with Crippen LogP contribution in [0.3, 0.4) is 0 Å². The first-order valence-electron chi connectivity index (χ1n) is 6.81. The molecule has 0 saturated carbocycles. The maximum Gasteiger partial charge on any atom is 0.243 e. The molecule has 0 fully saturated rings. The number of pyridine rings is 1. The Balaban J connectivity index is 1.89. The molecule has 6 nitrogen and oxygen atoms in total. The Morgan fingerprint density at radius 1 is 1.35 bits per heavy atom. The summed E-state index contributed by atoms with van der Waals surface area (Å²) < 4.78 is 5.15. The number of aromatic nitrogens is 1. The number of carbonyl (C=O) groups is 1. The van der Waals surface area contributed by atoms with Gasteiger partial charge in [-0.25, -0.2) is 4.98 Å². The van der Waals surface area contributed by atoms with Crippen LogP contribution >= 0.6 is 11.6 Å². The Labute approximate surface area is 139 Å². The van der Waals surface area contributed by atoms with Gasteiger partial charge in [-0.15, -0.1) is 0 Å². The van der Waals surface area contributed by atoms with Crippen molar-refractivity contribution in [3.8, 4) is 11.8 Å². The Morgan fingerprint density at radius 2 is 2.09 bits per heavy atom. The largest absolute Gasteiger partial charge is 0.479 e. The standard InChI is InChI=1S/C16H15ClN4O2/c1-21(15-7-2-12(17)10-19-15)11-16(22)20-13-3-5-14(6-4-13)23-9-8-18/h2-7,10H,9,11H2,1H3,(H,20,22). The molecule has 0 spiro atoms. The average Bonchev–Trinajstić information content (AvgIpc) is 2.54. The van der Waals surface area contributed by atoms with Gasteiger partial charge in [-0.2, -0.15) is 5.26 Å². The van der Waals surface area contributed by atoms with Crippen LogP contribution in [-0.2, 0) is 4.79 Å². The molecule has 1 heterocycles.